The van der Waals surface area contributed by atoms with E-state index in [2.05, 4.69) is 37.2 Å². The zero-order valence-corrected chi connectivity index (χ0v) is 47.4. The van der Waals surface area contributed by atoms with Crippen molar-refractivity contribution in [3.8, 4) is 11.5 Å². The van der Waals surface area contributed by atoms with Crippen LogP contribution < -0.4 is 46.7 Å². The molecule has 0 radical (unpaired) electrons. The molecule has 0 unspecified atom stereocenters. The molecule has 2 saturated heterocycles. The van der Waals surface area contributed by atoms with E-state index < -0.39 is 101 Å². The highest BCUT2D eigenvalue weighted by Crippen LogP contribution is 2.37. The summed E-state index contributed by atoms with van der Waals surface area (Å²) in [4.78, 5) is 117. The number of fused-ring (bicyclic) bond motifs is 2. The summed E-state index contributed by atoms with van der Waals surface area (Å²) >= 11 is 0. The Balaban J connectivity index is 0.903. The lowest BCUT2D eigenvalue weighted by atomic mass is 9.83. The molecule has 0 spiro atoms. The van der Waals surface area contributed by atoms with E-state index in [4.69, 9.17) is 9.47 Å². The van der Waals surface area contributed by atoms with Crippen LogP contribution in [0.1, 0.15) is 154 Å². The Morgan fingerprint density at radius 1 is 0.561 bits per heavy atom. The monoisotopic (exact) mass is 1140 g/mol. The summed E-state index contributed by atoms with van der Waals surface area (Å²) in [6.07, 6.45) is 9.32. The molecule has 2 aliphatic carbocycles. The molecule has 0 bridgehead atoms. The first-order chi connectivity index (χ1) is 39.5. The maximum atomic E-state index is 14.9. The van der Waals surface area contributed by atoms with Gasteiger partial charge in [0.05, 0.1) is 37.4 Å². The van der Waals surface area contributed by atoms with Crippen molar-refractivity contribution in [1.29, 1.82) is 0 Å². The summed E-state index contributed by atoms with van der Waals surface area (Å²) in [7, 11) is 3.31. The molecule has 19 nitrogen and oxygen atoms in total. The van der Waals surface area contributed by atoms with Crippen LogP contribution in [0.5, 0.6) is 11.5 Å². The lowest BCUT2D eigenvalue weighted by Crippen LogP contribution is -2.58. The minimum absolute atomic E-state index is 0.0391. The van der Waals surface area contributed by atoms with Crippen LogP contribution in [-0.4, -0.2) is 140 Å². The van der Waals surface area contributed by atoms with Gasteiger partial charge in [-0.15, -0.1) is 0 Å². The third-order valence-corrected chi connectivity index (χ3v) is 17.8. The quantitative estimate of drug-likeness (QED) is 0.0778. The first kappa shape index (κ1) is 59.6. The van der Waals surface area contributed by atoms with E-state index in [1.54, 1.807) is 27.9 Å². The number of nitrogens with zero attached hydrogens (tertiary/aromatic N) is 2. The smallest absolute Gasteiger partial charge is 0.251 e. The largest absolute Gasteiger partial charge is 0.493 e. The second kappa shape index (κ2) is 26.9. The number of hydrogen-bond donors (Lipinski definition) is 7. The standard InChI is InChI=1S/C61H79F2N9O10/c1-34(64-3)55(74)69-53(38-11-7-5-8-12-38)60(79)71-32-36(27-48(71)58(77)67-46-23-25-81-51-21-19-41(62)29-44(46)51)28-50(73)37-15-17-40(18-16-37)57(76)66-43-31-49(59(78)68-47-24-26-82-52-22-20-42(63)30-45(47)52)72(33-43)61(80)54(39-13-9-6-10-14-39)70-56(75)35(2)65-4/h15-22,29-30,34-36,38-39,43,46-49,53-54,64-65H,5-14,23-28,31-33H2,1-4H3,(H,66,76)(H,67,77)(H,68,78)(H,69,74)(H,70,75)/t34-,35-,36+,43-,46+,47+,48-,49-,53-,54-/m0/s1. The predicted octanol–water partition coefficient (Wildman–Crippen LogP) is 5.08. The zero-order chi connectivity index (χ0) is 58.2. The first-order valence-corrected chi connectivity index (χ1v) is 29.5. The van der Waals surface area contributed by atoms with Crippen molar-refractivity contribution in [2.75, 3.05) is 40.4 Å². The van der Waals surface area contributed by atoms with E-state index in [0.29, 0.717) is 53.9 Å². The van der Waals surface area contributed by atoms with Crippen LogP contribution in [0.15, 0.2) is 60.7 Å². The van der Waals surface area contributed by atoms with Crippen LogP contribution in [0, 0.1) is 29.4 Å². The van der Waals surface area contributed by atoms with Gasteiger partial charge in [-0.25, -0.2) is 8.78 Å². The molecule has 4 aliphatic heterocycles. The highest BCUT2D eigenvalue weighted by molar-refractivity contribution is 6.00. The lowest BCUT2D eigenvalue weighted by Gasteiger charge is -2.35. The summed E-state index contributed by atoms with van der Waals surface area (Å²) in [6, 6.07) is 7.39. The minimum atomic E-state index is -1.06. The van der Waals surface area contributed by atoms with Crippen LogP contribution in [0.25, 0.3) is 0 Å². The van der Waals surface area contributed by atoms with E-state index in [0.717, 1.165) is 51.4 Å². The molecule has 6 aliphatic rings. The highest BCUT2D eigenvalue weighted by atomic mass is 19.1. The third kappa shape index (κ3) is 13.9. The van der Waals surface area contributed by atoms with Crippen molar-refractivity contribution in [2.45, 2.75) is 165 Å². The summed E-state index contributed by atoms with van der Waals surface area (Å²) in [5, 5.41) is 21.0. The number of hydrogen-bond acceptors (Lipinski definition) is 12. The number of carbonyl (C=O) groups excluding carboxylic acids is 8. The van der Waals surface area contributed by atoms with Crippen LogP contribution in [0.3, 0.4) is 0 Å². The van der Waals surface area contributed by atoms with E-state index in [1.807, 2.05) is 0 Å². The molecule has 21 heteroatoms. The average molecular weight is 1140 g/mol. The second-order valence-electron chi connectivity index (χ2n) is 23.3. The highest BCUT2D eigenvalue weighted by Gasteiger charge is 2.47. The van der Waals surface area contributed by atoms with Gasteiger partial charge < -0.3 is 56.5 Å². The molecule has 3 aromatic rings. The van der Waals surface area contributed by atoms with Gasteiger partial charge in [0.1, 0.15) is 47.3 Å². The number of rotatable bonds is 19. The molecule has 2 saturated carbocycles. The van der Waals surface area contributed by atoms with E-state index in [9.17, 15) is 47.1 Å². The summed E-state index contributed by atoms with van der Waals surface area (Å²) in [5.74, 6) is -4.16. The molecule has 442 valence electrons. The van der Waals surface area contributed by atoms with Crippen molar-refractivity contribution in [3.05, 3.63) is 94.6 Å². The third-order valence-electron chi connectivity index (χ3n) is 17.8. The Kier molecular flexibility index (Phi) is 19.6. The molecule has 82 heavy (non-hydrogen) atoms. The maximum Gasteiger partial charge on any atom is 0.251 e. The topological polar surface area (TPSA) is 246 Å². The van der Waals surface area contributed by atoms with Crippen molar-refractivity contribution in [3.63, 3.8) is 0 Å². The fraction of sp³-hybridized carbons (Fsp3) is 0.574. The van der Waals surface area contributed by atoms with Crippen molar-refractivity contribution in [2.24, 2.45) is 17.8 Å². The van der Waals surface area contributed by atoms with E-state index >= 15 is 0 Å². The second-order valence-corrected chi connectivity index (χ2v) is 23.3. The number of halogens is 2. The van der Waals surface area contributed by atoms with Gasteiger partial charge in [0.15, 0.2) is 5.78 Å². The first-order valence-electron chi connectivity index (χ1n) is 29.5. The summed E-state index contributed by atoms with van der Waals surface area (Å²) < 4.78 is 40.6. The summed E-state index contributed by atoms with van der Waals surface area (Å²) in [6.45, 7) is 3.98. The Bertz CT molecular complexity index is 2660. The van der Waals surface area contributed by atoms with Gasteiger partial charge >= 0.3 is 0 Å². The number of ketones is 1. The maximum absolute atomic E-state index is 14.9. The number of carbonyl (C=O) groups is 8. The van der Waals surface area contributed by atoms with E-state index in [1.165, 1.54) is 70.5 Å². The SMILES string of the molecule is CN[C@@H](C)C(=O)N[C@H](C(=O)N1C[C@@H](CC(=O)c2ccc(C(=O)N[C@H]3C[C@@H](C(=O)N[C@@H]4CCOc5ccc(F)cc54)N(C(=O)[C@@H](NC(=O)[C@H](C)NC)C4CCCCC4)C3)cc2)C[C@H]1C(=O)N[C@@H]1CCOc2ccc(F)cc21)C1CCCCC1. The normalized spacial score (nSPS) is 24.2. The fourth-order valence-corrected chi connectivity index (χ4v) is 12.9. The van der Waals surface area contributed by atoms with Crippen LogP contribution in [-0.2, 0) is 28.8 Å². The number of likely N-dealkylation sites (N-methyl/N-ethyl adjacent to an activating group) is 2. The van der Waals surface area contributed by atoms with Crippen molar-refractivity contribution >= 4 is 47.1 Å². The van der Waals surface area contributed by atoms with Gasteiger partial charge in [-0.05, 0) is 133 Å². The number of benzene rings is 3. The number of ether oxygens (including phenoxy) is 2. The molecule has 9 rings (SSSR count). The van der Waals surface area contributed by atoms with E-state index in [-0.39, 0.29) is 80.6 Å². The van der Waals surface area contributed by atoms with Gasteiger partial charge in [-0.1, -0.05) is 50.7 Å². The Morgan fingerprint density at radius 2 is 1.01 bits per heavy atom. The fourth-order valence-electron chi connectivity index (χ4n) is 12.9. The zero-order valence-electron chi connectivity index (χ0n) is 47.4. The average Bonchev–Trinajstić information content (AvgIpc) is 4.31. The van der Waals surface area contributed by atoms with Gasteiger partial charge in [-0.2, -0.15) is 0 Å². The number of amides is 7. The molecule has 7 N–H and O–H groups in total. The molecule has 4 heterocycles. The minimum Gasteiger partial charge on any atom is -0.493 e. The molecular formula is C61H79F2N9O10. The van der Waals surface area contributed by atoms with Gasteiger partial charge in [0.2, 0.25) is 35.4 Å². The summed E-state index contributed by atoms with van der Waals surface area (Å²) in [5.41, 5.74) is 1.46. The Hall–Kier alpha value is -7.00. The predicted molar refractivity (Wildman–Crippen MR) is 299 cm³/mol. The Labute approximate surface area is 477 Å². The lowest BCUT2D eigenvalue weighted by molar-refractivity contribution is -0.143. The molecule has 4 fully saturated rings. The van der Waals surface area contributed by atoms with Crippen LogP contribution in [0.2, 0.25) is 0 Å². The molecular weight excluding hydrogens is 1060 g/mol. The van der Waals surface area contributed by atoms with Crippen molar-refractivity contribution < 1.29 is 56.6 Å². The van der Waals surface area contributed by atoms with Gasteiger partial charge in [0.25, 0.3) is 5.91 Å². The van der Waals surface area contributed by atoms with Crippen LogP contribution >= 0.6 is 0 Å². The number of nitrogens with one attached hydrogen (secondary N) is 7. The molecule has 3 aromatic carbocycles. The Morgan fingerprint density at radius 3 is 1.49 bits per heavy atom. The van der Waals surface area contributed by atoms with Crippen molar-refractivity contribution in [1.82, 2.24) is 47.0 Å². The number of likely N-dealkylation sites (tertiary alicyclic amines) is 2. The molecule has 7 amide bonds. The van der Waals surface area contributed by atoms with Crippen LogP contribution in [0.4, 0.5) is 8.78 Å². The number of Topliss-reactive ketones (excluding diaryl/α,β-unsaturated/α-hetero) is 1. The van der Waals surface area contributed by atoms with Gasteiger partial charge in [-0.3, -0.25) is 38.4 Å². The van der Waals surface area contributed by atoms with Gasteiger partial charge in [0, 0.05) is 60.6 Å². The molecule has 10 atom stereocenters. The molecule has 0 aromatic heterocycles.